The highest BCUT2D eigenvalue weighted by molar-refractivity contribution is 5.90. The molecule has 0 aliphatic heterocycles. The number of esters is 1. The first kappa shape index (κ1) is 22.2. The molecule has 2 aromatic carbocycles. The third-order valence-corrected chi connectivity index (χ3v) is 5.14. The van der Waals surface area contributed by atoms with Crippen molar-refractivity contribution < 1.29 is 24.2 Å². The van der Waals surface area contributed by atoms with E-state index < -0.39 is 11.9 Å². The molecule has 1 N–H and O–H groups in total. The summed E-state index contributed by atoms with van der Waals surface area (Å²) in [6.45, 7) is 3.05. The van der Waals surface area contributed by atoms with Crippen LogP contribution in [0.15, 0.2) is 48.7 Å². The molecule has 0 saturated carbocycles. The molecule has 162 valence electrons. The van der Waals surface area contributed by atoms with Crippen molar-refractivity contribution in [2.75, 3.05) is 14.2 Å². The van der Waals surface area contributed by atoms with Gasteiger partial charge in [-0.05, 0) is 47.4 Å². The highest BCUT2D eigenvalue weighted by atomic mass is 16.5. The second-order valence-corrected chi connectivity index (χ2v) is 7.32. The molecule has 0 atom stereocenters. The molecule has 0 saturated heterocycles. The SMILES string of the molecule is CCCn1cc(Cc2ccc(C(=O)OC)cc2OC)c2cc(/C=C/CC(=O)O)ccc21. The molecule has 0 unspecified atom stereocenters. The van der Waals surface area contributed by atoms with Crippen LogP contribution in [-0.4, -0.2) is 35.8 Å². The number of ether oxygens (including phenoxy) is 2. The van der Waals surface area contributed by atoms with Crippen LogP contribution in [0.1, 0.15) is 46.8 Å². The first-order valence-electron chi connectivity index (χ1n) is 10.2. The summed E-state index contributed by atoms with van der Waals surface area (Å²) in [6.07, 6.45) is 7.29. The van der Waals surface area contributed by atoms with Gasteiger partial charge in [-0.1, -0.05) is 31.2 Å². The zero-order valence-electron chi connectivity index (χ0n) is 18.1. The van der Waals surface area contributed by atoms with Crippen molar-refractivity contribution in [3.8, 4) is 5.75 Å². The number of nitrogens with zero attached hydrogens (tertiary/aromatic N) is 1. The van der Waals surface area contributed by atoms with Gasteiger partial charge in [-0.25, -0.2) is 4.79 Å². The molecule has 6 nitrogen and oxygen atoms in total. The number of aryl methyl sites for hydroxylation is 1. The number of carboxylic acids is 1. The van der Waals surface area contributed by atoms with E-state index >= 15 is 0 Å². The summed E-state index contributed by atoms with van der Waals surface area (Å²) < 4.78 is 12.6. The average Bonchev–Trinajstić information content (AvgIpc) is 3.10. The fourth-order valence-corrected chi connectivity index (χ4v) is 3.70. The lowest BCUT2D eigenvalue weighted by molar-refractivity contribution is -0.135. The molecule has 1 heterocycles. The largest absolute Gasteiger partial charge is 0.496 e. The van der Waals surface area contributed by atoms with E-state index in [0.717, 1.165) is 40.6 Å². The van der Waals surface area contributed by atoms with E-state index in [0.29, 0.717) is 17.7 Å². The van der Waals surface area contributed by atoms with Crippen molar-refractivity contribution in [3.05, 3.63) is 70.9 Å². The Hall–Kier alpha value is -3.54. The Morgan fingerprint density at radius 1 is 1.10 bits per heavy atom. The first-order valence-corrected chi connectivity index (χ1v) is 10.2. The molecule has 1 aromatic heterocycles. The molecule has 0 bridgehead atoms. The predicted molar refractivity (Wildman–Crippen MR) is 121 cm³/mol. The van der Waals surface area contributed by atoms with E-state index in [1.54, 1.807) is 25.3 Å². The fourth-order valence-electron chi connectivity index (χ4n) is 3.70. The normalized spacial score (nSPS) is 11.2. The number of methoxy groups -OCH3 is 2. The Morgan fingerprint density at radius 2 is 1.90 bits per heavy atom. The molecule has 0 radical (unpaired) electrons. The molecule has 0 fully saturated rings. The van der Waals surface area contributed by atoms with Gasteiger partial charge in [0.15, 0.2) is 0 Å². The van der Waals surface area contributed by atoms with Gasteiger partial charge in [-0.3, -0.25) is 4.79 Å². The number of carbonyl (C=O) groups is 2. The van der Waals surface area contributed by atoms with Crippen LogP contribution in [0, 0.1) is 0 Å². The Labute approximate surface area is 181 Å². The smallest absolute Gasteiger partial charge is 0.337 e. The van der Waals surface area contributed by atoms with E-state index in [4.69, 9.17) is 14.6 Å². The third kappa shape index (κ3) is 5.15. The van der Waals surface area contributed by atoms with Gasteiger partial charge < -0.3 is 19.1 Å². The van der Waals surface area contributed by atoms with Crippen LogP contribution in [0.4, 0.5) is 0 Å². The summed E-state index contributed by atoms with van der Waals surface area (Å²) in [5.74, 6) is -0.617. The Balaban J connectivity index is 2.01. The minimum atomic E-state index is -0.852. The predicted octanol–water partition coefficient (Wildman–Crippen LogP) is 4.93. The molecule has 0 aliphatic carbocycles. The highest BCUT2D eigenvalue weighted by Crippen LogP contribution is 2.30. The van der Waals surface area contributed by atoms with Crippen molar-refractivity contribution in [1.29, 1.82) is 0 Å². The lowest BCUT2D eigenvalue weighted by Crippen LogP contribution is -2.03. The van der Waals surface area contributed by atoms with Crippen LogP contribution < -0.4 is 4.74 Å². The molecule has 0 aliphatic rings. The number of fused-ring (bicyclic) bond motifs is 1. The van der Waals surface area contributed by atoms with E-state index in [1.807, 2.05) is 18.2 Å². The number of aliphatic carboxylic acids is 1. The maximum Gasteiger partial charge on any atom is 0.337 e. The summed E-state index contributed by atoms with van der Waals surface area (Å²) in [5.41, 5.74) is 4.65. The number of rotatable bonds is 9. The first-order chi connectivity index (χ1) is 15.0. The highest BCUT2D eigenvalue weighted by Gasteiger charge is 2.14. The topological polar surface area (TPSA) is 77.8 Å². The summed E-state index contributed by atoms with van der Waals surface area (Å²) in [4.78, 5) is 22.6. The fraction of sp³-hybridized carbons (Fsp3) is 0.280. The Morgan fingerprint density at radius 3 is 2.58 bits per heavy atom. The number of carbonyl (C=O) groups excluding carboxylic acids is 1. The number of carboxylic acid groups (broad SMARTS) is 1. The molecule has 6 heteroatoms. The molecule has 31 heavy (non-hydrogen) atoms. The van der Waals surface area contributed by atoms with Crippen molar-refractivity contribution in [3.63, 3.8) is 0 Å². The van der Waals surface area contributed by atoms with Gasteiger partial charge >= 0.3 is 11.9 Å². The number of hydrogen-bond donors (Lipinski definition) is 1. The van der Waals surface area contributed by atoms with Gasteiger partial charge in [-0.15, -0.1) is 0 Å². The zero-order chi connectivity index (χ0) is 22.4. The zero-order valence-corrected chi connectivity index (χ0v) is 18.1. The van der Waals surface area contributed by atoms with Gasteiger partial charge in [-0.2, -0.15) is 0 Å². The van der Waals surface area contributed by atoms with Crippen LogP contribution in [0.25, 0.3) is 17.0 Å². The van der Waals surface area contributed by atoms with Gasteiger partial charge in [0, 0.05) is 30.1 Å². The minimum Gasteiger partial charge on any atom is -0.496 e. The number of benzene rings is 2. The van der Waals surface area contributed by atoms with Gasteiger partial charge in [0.05, 0.1) is 26.2 Å². The molecule has 3 aromatic rings. The lowest BCUT2D eigenvalue weighted by Gasteiger charge is -2.10. The van der Waals surface area contributed by atoms with E-state index in [1.165, 1.54) is 7.11 Å². The lowest BCUT2D eigenvalue weighted by atomic mass is 10.0. The second kappa shape index (κ2) is 9.98. The van der Waals surface area contributed by atoms with E-state index in [9.17, 15) is 9.59 Å². The van der Waals surface area contributed by atoms with E-state index in [-0.39, 0.29) is 6.42 Å². The van der Waals surface area contributed by atoms with E-state index in [2.05, 4.69) is 29.8 Å². The van der Waals surface area contributed by atoms with Gasteiger partial charge in [0.1, 0.15) is 5.75 Å². The van der Waals surface area contributed by atoms with Crippen LogP contribution in [0.5, 0.6) is 5.75 Å². The van der Waals surface area contributed by atoms with Crippen LogP contribution in [0.2, 0.25) is 0 Å². The number of hydrogen-bond acceptors (Lipinski definition) is 4. The summed E-state index contributed by atoms with van der Waals surface area (Å²) >= 11 is 0. The summed E-state index contributed by atoms with van der Waals surface area (Å²) in [5, 5.41) is 9.97. The van der Waals surface area contributed by atoms with Crippen molar-refractivity contribution in [2.24, 2.45) is 0 Å². The third-order valence-electron chi connectivity index (χ3n) is 5.14. The molecule has 3 rings (SSSR count). The minimum absolute atomic E-state index is 0.00845. The summed E-state index contributed by atoms with van der Waals surface area (Å²) in [7, 11) is 2.94. The van der Waals surface area contributed by atoms with Crippen LogP contribution in [-0.2, 0) is 22.5 Å². The van der Waals surface area contributed by atoms with Gasteiger partial charge in [0.25, 0.3) is 0 Å². The average molecular weight is 421 g/mol. The monoisotopic (exact) mass is 421 g/mol. The molecular formula is C25H27NO5. The molecule has 0 spiro atoms. The Bertz CT molecular complexity index is 1130. The maximum atomic E-state index is 11.8. The standard InChI is InChI=1S/C25H27NO5/c1-4-12-26-16-20(14-18-9-10-19(25(29)31-3)15-23(18)30-2)21-13-17(8-11-22(21)26)6-5-7-24(27)28/h5-6,8-11,13,15-16H,4,7,12,14H2,1-3H3,(H,27,28)/b6-5+. The maximum absolute atomic E-state index is 11.8. The van der Waals surface area contributed by atoms with Crippen molar-refractivity contribution in [1.82, 2.24) is 4.57 Å². The van der Waals surface area contributed by atoms with Crippen LogP contribution >= 0.6 is 0 Å². The van der Waals surface area contributed by atoms with Crippen molar-refractivity contribution >= 4 is 28.9 Å². The van der Waals surface area contributed by atoms with Crippen LogP contribution in [0.3, 0.4) is 0 Å². The second-order valence-electron chi connectivity index (χ2n) is 7.32. The molecule has 0 amide bonds. The number of aromatic nitrogens is 1. The summed E-state index contributed by atoms with van der Waals surface area (Å²) in [6, 6.07) is 11.5. The quantitative estimate of drug-likeness (QED) is 0.496. The Kier molecular flexibility index (Phi) is 7.13. The van der Waals surface area contributed by atoms with Crippen molar-refractivity contribution in [2.45, 2.75) is 32.7 Å². The van der Waals surface area contributed by atoms with Gasteiger partial charge in [0.2, 0.25) is 0 Å². The molecular weight excluding hydrogens is 394 g/mol.